The van der Waals surface area contributed by atoms with Gasteiger partial charge >= 0.3 is 0 Å². The summed E-state index contributed by atoms with van der Waals surface area (Å²) in [5.74, 6) is 0.400. The summed E-state index contributed by atoms with van der Waals surface area (Å²) < 4.78 is 11.5. The third kappa shape index (κ3) is 3.60. The average Bonchev–Trinajstić information content (AvgIpc) is 2.69. The number of nitro groups is 1. The fourth-order valence-electron chi connectivity index (χ4n) is 3.25. The third-order valence-corrected chi connectivity index (χ3v) is 4.70. The van der Waals surface area contributed by atoms with Crippen molar-refractivity contribution in [1.29, 1.82) is 0 Å². The molecule has 2 heterocycles. The first-order chi connectivity index (χ1) is 13.1. The molecule has 0 spiro atoms. The molecule has 4 rings (SSSR count). The quantitative estimate of drug-likeness (QED) is 0.521. The van der Waals surface area contributed by atoms with E-state index in [0.717, 1.165) is 18.7 Å². The van der Waals surface area contributed by atoms with Gasteiger partial charge in [-0.15, -0.1) is 0 Å². The molecule has 0 amide bonds. The van der Waals surface area contributed by atoms with Gasteiger partial charge in [-0.2, -0.15) is 0 Å². The molecule has 0 aliphatic carbocycles. The number of morpholine rings is 1. The maximum absolute atomic E-state index is 12.6. The van der Waals surface area contributed by atoms with Crippen LogP contribution < -0.4 is 5.43 Å². The van der Waals surface area contributed by atoms with Crippen LogP contribution in [-0.2, 0) is 11.3 Å². The minimum Gasteiger partial charge on any atom is -0.455 e. The number of rotatable bonds is 4. The van der Waals surface area contributed by atoms with Crippen molar-refractivity contribution >= 4 is 16.7 Å². The lowest BCUT2D eigenvalue weighted by Crippen LogP contribution is -2.35. The lowest BCUT2D eigenvalue weighted by Gasteiger charge is -2.26. The van der Waals surface area contributed by atoms with Crippen LogP contribution in [0.1, 0.15) is 5.56 Å². The fourth-order valence-corrected chi connectivity index (χ4v) is 3.25. The van der Waals surface area contributed by atoms with Gasteiger partial charge in [0.2, 0.25) is 0 Å². The zero-order chi connectivity index (χ0) is 18.8. The second-order valence-corrected chi connectivity index (χ2v) is 6.46. The molecular formula is C20H18N2O5. The summed E-state index contributed by atoms with van der Waals surface area (Å²) in [7, 11) is 0. The van der Waals surface area contributed by atoms with Crippen molar-refractivity contribution in [2.45, 2.75) is 6.54 Å². The molecule has 0 radical (unpaired) electrons. The van der Waals surface area contributed by atoms with Gasteiger partial charge in [0, 0.05) is 49.0 Å². The lowest BCUT2D eigenvalue weighted by molar-refractivity contribution is -0.384. The standard InChI is InChI=1S/C20H18N2O5/c23-18-12-19(14-4-6-16(7-5-14)22(24)25)27-20-15(2-1-3-17(18)20)13-21-8-10-26-11-9-21/h1-7,12H,8-11,13H2. The zero-order valence-electron chi connectivity index (χ0n) is 14.6. The number of ether oxygens (including phenoxy) is 1. The molecule has 138 valence electrons. The van der Waals surface area contributed by atoms with Crippen molar-refractivity contribution in [1.82, 2.24) is 4.90 Å². The Kier molecular flexibility index (Phi) is 4.70. The second-order valence-electron chi connectivity index (χ2n) is 6.46. The molecule has 0 N–H and O–H groups in total. The molecule has 0 bridgehead atoms. The van der Waals surface area contributed by atoms with E-state index in [1.165, 1.54) is 18.2 Å². The average molecular weight is 366 g/mol. The SMILES string of the molecule is O=c1cc(-c2ccc([N+](=O)[O-])cc2)oc2c(CN3CCOCC3)cccc12. The Hall–Kier alpha value is -3.03. The van der Waals surface area contributed by atoms with E-state index in [-0.39, 0.29) is 11.1 Å². The number of fused-ring (bicyclic) bond motifs is 1. The highest BCUT2D eigenvalue weighted by Gasteiger charge is 2.16. The molecule has 1 saturated heterocycles. The van der Waals surface area contributed by atoms with Crippen molar-refractivity contribution < 1.29 is 14.1 Å². The maximum Gasteiger partial charge on any atom is 0.269 e. The third-order valence-electron chi connectivity index (χ3n) is 4.70. The number of hydrogen-bond donors (Lipinski definition) is 0. The first-order valence-corrected chi connectivity index (χ1v) is 8.72. The van der Waals surface area contributed by atoms with Gasteiger partial charge in [-0.3, -0.25) is 19.8 Å². The number of hydrogen-bond acceptors (Lipinski definition) is 6. The van der Waals surface area contributed by atoms with E-state index in [2.05, 4.69) is 4.90 Å². The van der Waals surface area contributed by atoms with Gasteiger partial charge in [0.05, 0.1) is 23.5 Å². The van der Waals surface area contributed by atoms with Gasteiger partial charge in [0.1, 0.15) is 11.3 Å². The minimum absolute atomic E-state index is 0.00473. The van der Waals surface area contributed by atoms with Crippen molar-refractivity contribution in [3.8, 4) is 11.3 Å². The molecule has 1 aliphatic heterocycles. The van der Waals surface area contributed by atoms with Crippen LogP contribution in [0.15, 0.2) is 57.7 Å². The second kappa shape index (κ2) is 7.30. The molecule has 1 aliphatic rings. The monoisotopic (exact) mass is 366 g/mol. The Labute approximate surface area is 154 Å². The molecule has 2 aromatic carbocycles. The Morgan fingerprint density at radius 3 is 2.52 bits per heavy atom. The van der Waals surface area contributed by atoms with Crippen LogP contribution >= 0.6 is 0 Å². The first kappa shape index (κ1) is 17.4. The first-order valence-electron chi connectivity index (χ1n) is 8.72. The van der Waals surface area contributed by atoms with Gasteiger partial charge in [0.25, 0.3) is 5.69 Å². The summed E-state index contributed by atoms with van der Waals surface area (Å²) in [6.07, 6.45) is 0. The summed E-state index contributed by atoms with van der Waals surface area (Å²) in [6, 6.07) is 13.0. The smallest absolute Gasteiger partial charge is 0.269 e. The van der Waals surface area contributed by atoms with Gasteiger partial charge in [-0.25, -0.2) is 0 Å². The van der Waals surface area contributed by atoms with Gasteiger partial charge in [-0.1, -0.05) is 12.1 Å². The van der Waals surface area contributed by atoms with Crippen LogP contribution in [0.4, 0.5) is 5.69 Å². The Balaban J connectivity index is 1.75. The zero-order valence-corrected chi connectivity index (χ0v) is 14.6. The van der Waals surface area contributed by atoms with E-state index in [1.807, 2.05) is 12.1 Å². The number of non-ortho nitro benzene ring substituents is 1. The van der Waals surface area contributed by atoms with Crippen molar-refractivity contribution in [2.75, 3.05) is 26.3 Å². The molecule has 0 unspecified atom stereocenters. The lowest BCUT2D eigenvalue weighted by atomic mass is 10.1. The van der Waals surface area contributed by atoms with Crippen molar-refractivity contribution in [2.24, 2.45) is 0 Å². The molecule has 27 heavy (non-hydrogen) atoms. The molecule has 7 nitrogen and oxygen atoms in total. The van der Waals surface area contributed by atoms with Crippen LogP contribution in [0.3, 0.4) is 0 Å². The van der Waals surface area contributed by atoms with E-state index in [0.29, 0.717) is 42.1 Å². The van der Waals surface area contributed by atoms with E-state index < -0.39 is 4.92 Å². The number of nitrogens with zero attached hydrogens (tertiary/aromatic N) is 2. The predicted octanol–water partition coefficient (Wildman–Crippen LogP) is 3.20. The van der Waals surface area contributed by atoms with Crippen LogP contribution in [0.2, 0.25) is 0 Å². The molecule has 1 fully saturated rings. The van der Waals surface area contributed by atoms with Gasteiger partial charge < -0.3 is 9.15 Å². The highest BCUT2D eigenvalue weighted by molar-refractivity contribution is 5.81. The van der Waals surface area contributed by atoms with Crippen LogP contribution in [0.25, 0.3) is 22.3 Å². The summed E-state index contributed by atoms with van der Waals surface area (Å²) in [5.41, 5.74) is 1.99. The Morgan fingerprint density at radius 2 is 1.81 bits per heavy atom. The fraction of sp³-hybridized carbons (Fsp3) is 0.250. The normalized spacial score (nSPS) is 15.1. The molecule has 1 aromatic heterocycles. The summed E-state index contributed by atoms with van der Waals surface area (Å²) in [6.45, 7) is 3.74. The van der Waals surface area contributed by atoms with Crippen molar-refractivity contribution in [3.05, 3.63) is 74.4 Å². The minimum atomic E-state index is -0.458. The molecule has 3 aromatic rings. The number of benzene rings is 2. The maximum atomic E-state index is 12.6. The van der Waals surface area contributed by atoms with Gasteiger partial charge in [0.15, 0.2) is 5.43 Å². The summed E-state index contributed by atoms with van der Waals surface area (Å²) in [4.78, 5) is 25.2. The largest absolute Gasteiger partial charge is 0.455 e. The molecule has 0 saturated carbocycles. The van der Waals surface area contributed by atoms with E-state index >= 15 is 0 Å². The predicted molar refractivity (Wildman–Crippen MR) is 101 cm³/mol. The van der Waals surface area contributed by atoms with Crippen molar-refractivity contribution in [3.63, 3.8) is 0 Å². The van der Waals surface area contributed by atoms with Crippen LogP contribution in [0.5, 0.6) is 0 Å². The molecule has 7 heteroatoms. The summed E-state index contributed by atoms with van der Waals surface area (Å²) in [5, 5.41) is 11.4. The Bertz CT molecular complexity index is 1040. The van der Waals surface area contributed by atoms with E-state index in [1.54, 1.807) is 18.2 Å². The Morgan fingerprint density at radius 1 is 1.07 bits per heavy atom. The van der Waals surface area contributed by atoms with E-state index in [9.17, 15) is 14.9 Å². The summed E-state index contributed by atoms with van der Waals surface area (Å²) >= 11 is 0. The molecular weight excluding hydrogens is 348 g/mol. The highest BCUT2D eigenvalue weighted by Crippen LogP contribution is 2.26. The van der Waals surface area contributed by atoms with Crippen LogP contribution in [-0.4, -0.2) is 36.1 Å². The van der Waals surface area contributed by atoms with E-state index in [4.69, 9.17) is 9.15 Å². The molecule has 0 atom stereocenters. The van der Waals surface area contributed by atoms with Gasteiger partial charge in [-0.05, 0) is 18.2 Å². The number of nitro benzene ring substituents is 1. The number of para-hydroxylation sites is 1. The highest BCUT2D eigenvalue weighted by atomic mass is 16.6. The van der Waals surface area contributed by atoms with Crippen LogP contribution in [0, 0.1) is 10.1 Å². The topological polar surface area (TPSA) is 85.8 Å².